The standard InChI is InChI=1S/C34H58N2O26/c1-8(42)35-15-21(48)26(59-33-25(52)29(20(47)13(6-40)56-33)62-32-23(50)22(49)17(44)10(3-37)55-32)14(7-41)58-31(15)61-28-19(46)12(5-39)57-34(24(28)51)60-27-16(36-9(2)43)30(53)54-11(4-38)18(27)45/h10-34,37-41,44-53H,3-7H2,1-2H3,(H,35,42)(H,36,43)/t10-,11-,12-,13-,14-,15-,16-,17+,18+,19+,20+,21-,22+,23-,24-,25-,26-,27-,28+,29+,30+,31+,32?,33?,34?/m1/s1. The van der Waals surface area contributed by atoms with Gasteiger partial charge in [0.25, 0.3) is 0 Å². The molecule has 5 aliphatic rings. The molecule has 360 valence electrons. The SMILES string of the molecule is CC(=O)N[C@@H]1[C@@H](OC2O[C@H](CO)[C@H](O)[C@H](O[C@@H]3O[C@H](CO)[C@@H](OC4O[C@H](CO)[C@H](O)[C@H](OC5O[C@H](CO)[C@H](O)[C@H](O)[C@H]5O)[C@H]4O)[C@H](O)[C@H]3NC(C)=O)[C@H]2O)[C@@H](O)[C@@H](CO)O[C@@H]1O. The Morgan fingerprint density at radius 1 is 0.387 bits per heavy atom. The summed E-state index contributed by atoms with van der Waals surface area (Å²) in [4.78, 5) is 24.4. The molecule has 0 aliphatic carbocycles. The second-order valence-corrected chi connectivity index (χ2v) is 15.4. The van der Waals surface area contributed by atoms with Crippen molar-refractivity contribution in [3.63, 3.8) is 0 Å². The molecule has 25 atom stereocenters. The maximum Gasteiger partial charge on any atom is 0.217 e. The van der Waals surface area contributed by atoms with E-state index >= 15 is 0 Å². The Kier molecular flexibility index (Phi) is 18.1. The van der Waals surface area contributed by atoms with Crippen LogP contribution in [0.4, 0.5) is 0 Å². The second-order valence-electron chi connectivity index (χ2n) is 15.4. The van der Waals surface area contributed by atoms with E-state index in [9.17, 15) is 86.2 Å². The van der Waals surface area contributed by atoms with Crippen LogP contribution >= 0.6 is 0 Å². The third kappa shape index (κ3) is 10.8. The lowest BCUT2D eigenvalue weighted by atomic mass is 9.94. The molecule has 0 saturated carbocycles. The largest absolute Gasteiger partial charge is 0.394 e. The van der Waals surface area contributed by atoms with Gasteiger partial charge in [0.05, 0.1) is 33.0 Å². The van der Waals surface area contributed by atoms with E-state index in [-0.39, 0.29) is 0 Å². The van der Waals surface area contributed by atoms with Crippen molar-refractivity contribution in [2.24, 2.45) is 0 Å². The smallest absolute Gasteiger partial charge is 0.217 e. The highest BCUT2D eigenvalue weighted by molar-refractivity contribution is 5.73. The summed E-state index contributed by atoms with van der Waals surface area (Å²) in [6.45, 7) is -2.51. The molecule has 5 saturated heterocycles. The first kappa shape index (κ1) is 51.0. The molecule has 3 unspecified atom stereocenters. The average molecular weight is 911 g/mol. The molecule has 5 aliphatic heterocycles. The van der Waals surface area contributed by atoms with Crippen LogP contribution in [-0.2, 0) is 52.2 Å². The Bertz CT molecular complexity index is 1440. The monoisotopic (exact) mass is 910 g/mol. The number of aliphatic hydroxyl groups excluding tert-OH is 15. The number of hydrogen-bond donors (Lipinski definition) is 17. The normalized spacial score (nSPS) is 49.0. The molecule has 28 heteroatoms. The number of carbonyl (C=O) groups excluding carboxylic acids is 2. The molecule has 5 rings (SSSR count). The molecule has 17 N–H and O–H groups in total. The van der Waals surface area contributed by atoms with Crippen LogP contribution in [0.15, 0.2) is 0 Å². The van der Waals surface area contributed by atoms with Gasteiger partial charge in [-0.2, -0.15) is 0 Å². The van der Waals surface area contributed by atoms with E-state index in [4.69, 9.17) is 42.6 Å². The molecule has 5 fully saturated rings. The Labute approximate surface area is 351 Å². The van der Waals surface area contributed by atoms with Gasteiger partial charge in [-0.3, -0.25) is 9.59 Å². The van der Waals surface area contributed by atoms with Crippen LogP contribution in [0.2, 0.25) is 0 Å². The number of nitrogens with one attached hydrogen (secondary N) is 2. The van der Waals surface area contributed by atoms with Crippen LogP contribution in [0.5, 0.6) is 0 Å². The van der Waals surface area contributed by atoms with Gasteiger partial charge in [-0.15, -0.1) is 0 Å². The molecule has 2 amide bonds. The third-order valence-electron chi connectivity index (χ3n) is 11.1. The predicted molar refractivity (Wildman–Crippen MR) is 190 cm³/mol. The van der Waals surface area contributed by atoms with Crippen LogP contribution < -0.4 is 10.6 Å². The van der Waals surface area contributed by atoms with E-state index in [2.05, 4.69) is 10.6 Å². The zero-order chi connectivity index (χ0) is 45.9. The molecule has 0 bridgehead atoms. The second kappa shape index (κ2) is 22.0. The van der Waals surface area contributed by atoms with Gasteiger partial charge in [0.2, 0.25) is 11.8 Å². The van der Waals surface area contributed by atoms with Gasteiger partial charge < -0.3 is 130 Å². The van der Waals surface area contributed by atoms with Gasteiger partial charge in [-0.05, 0) is 0 Å². The van der Waals surface area contributed by atoms with Crippen LogP contribution in [0.3, 0.4) is 0 Å². The van der Waals surface area contributed by atoms with Crippen molar-refractivity contribution in [2.45, 2.75) is 167 Å². The number of hydrogen-bond acceptors (Lipinski definition) is 26. The summed E-state index contributed by atoms with van der Waals surface area (Å²) >= 11 is 0. The first-order chi connectivity index (χ1) is 29.3. The summed E-state index contributed by atoms with van der Waals surface area (Å²) in [5.41, 5.74) is 0. The molecule has 0 aromatic heterocycles. The van der Waals surface area contributed by atoms with Gasteiger partial charge in [0, 0.05) is 13.8 Å². The molecule has 28 nitrogen and oxygen atoms in total. The summed E-state index contributed by atoms with van der Waals surface area (Å²) in [5, 5.41) is 163. The summed E-state index contributed by atoms with van der Waals surface area (Å²) in [6.07, 6.45) is -42.4. The fraction of sp³-hybridized carbons (Fsp3) is 0.941. The molecule has 5 heterocycles. The van der Waals surface area contributed by atoms with Crippen LogP contribution in [0.25, 0.3) is 0 Å². The van der Waals surface area contributed by atoms with Crippen molar-refractivity contribution in [1.29, 1.82) is 0 Å². The number of rotatable bonds is 15. The Balaban J connectivity index is 1.37. The van der Waals surface area contributed by atoms with Crippen molar-refractivity contribution >= 4 is 11.8 Å². The van der Waals surface area contributed by atoms with Crippen LogP contribution in [0, 0.1) is 0 Å². The zero-order valence-corrected chi connectivity index (χ0v) is 33.2. The fourth-order valence-electron chi connectivity index (χ4n) is 7.83. The Morgan fingerprint density at radius 2 is 0.742 bits per heavy atom. The molecular formula is C34H58N2O26. The lowest BCUT2D eigenvalue weighted by Crippen LogP contribution is -2.70. The van der Waals surface area contributed by atoms with Gasteiger partial charge >= 0.3 is 0 Å². The maximum absolute atomic E-state index is 12.5. The van der Waals surface area contributed by atoms with E-state index in [0.717, 1.165) is 13.8 Å². The lowest BCUT2D eigenvalue weighted by Gasteiger charge is -2.50. The van der Waals surface area contributed by atoms with Crippen molar-refractivity contribution in [2.75, 3.05) is 33.0 Å². The van der Waals surface area contributed by atoms with Crippen LogP contribution in [0.1, 0.15) is 13.8 Å². The van der Waals surface area contributed by atoms with E-state index in [1.165, 1.54) is 0 Å². The highest BCUT2D eigenvalue weighted by Gasteiger charge is 2.57. The molecule has 0 radical (unpaired) electrons. The minimum Gasteiger partial charge on any atom is -0.394 e. The average Bonchev–Trinajstić information content (AvgIpc) is 3.23. The Hall–Kier alpha value is -2.02. The summed E-state index contributed by atoms with van der Waals surface area (Å²) in [6, 6.07) is -3.27. The minimum absolute atomic E-state index is 0.717. The van der Waals surface area contributed by atoms with Crippen LogP contribution in [-0.4, -0.2) is 275 Å². The number of ether oxygens (including phenoxy) is 9. The first-order valence-electron chi connectivity index (χ1n) is 19.6. The van der Waals surface area contributed by atoms with E-state index in [1.807, 2.05) is 0 Å². The highest BCUT2D eigenvalue weighted by Crippen LogP contribution is 2.35. The lowest BCUT2D eigenvalue weighted by molar-refractivity contribution is -0.384. The molecular weight excluding hydrogens is 852 g/mol. The minimum atomic E-state index is -2.11. The quantitative estimate of drug-likeness (QED) is 0.0725. The van der Waals surface area contributed by atoms with Gasteiger partial charge in [0.1, 0.15) is 122 Å². The number of amides is 2. The van der Waals surface area contributed by atoms with E-state index in [0.29, 0.717) is 0 Å². The molecule has 0 spiro atoms. The maximum atomic E-state index is 12.5. The first-order valence-corrected chi connectivity index (χ1v) is 19.6. The fourth-order valence-corrected chi connectivity index (χ4v) is 7.83. The van der Waals surface area contributed by atoms with Crippen molar-refractivity contribution in [3.05, 3.63) is 0 Å². The van der Waals surface area contributed by atoms with E-state index in [1.54, 1.807) is 0 Å². The number of aliphatic hydroxyl groups is 15. The van der Waals surface area contributed by atoms with Crippen molar-refractivity contribution in [3.8, 4) is 0 Å². The molecule has 0 aromatic rings. The van der Waals surface area contributed by atoms with Gasteiger partial charge in [0.15, 0.2) is 31.5 Å². The highest BCUT2D eigenvalue weighted by atomic mass is 16.8. The molecule has 62 heavy (non-hydrogen) atoms. The Morgan fingerprint density at radius 3 is 1.21 bits per heavy atom. The topological polar surface area (TPSA) is 445 Å². The number of carbonyl (C=O) groups is 2. The predicted octanol–water partition coefficient (Wildman–Crippen LogP) is -11.6. The third-order valence-corrected chi connectivity index (χ3v) is 11.1. The van der Waals surface area contributed by atoms with E-state index < -0.39 is 198 Å². The summed E-state index contributed by atoms with van der Waals surface area (Å²) in [5.74, 6) is -1.54. The zero-order valence-electron chi connectivity index (χ0n) is 33.2. The van der Waals surface area contributed by atoms with Gasteiger partial charge in [-0.25, -0.2) is 0 Å². The summed E-state index contributed by atoms with van der Waals surface area (Å²) in [7, 11) is 0. The van der Waals surface area contributed by atoms with Gasteiger partial charge in [-0.1, -0.05) is 0 Å². The molecule has 0 aromatic carbocycles. The van der Waals surface area contributed by atoms with Crippen molar-refractivity contribution in [1.82, 2.24) is 10.6 Å². The van der Waals surface area contributed by atoms with Crippen molar-refractivity contribution < 1.29 is 129 Å². The summed E-state index contributed by atoms with van der Waals surface area (Å²) < 4.78 is 50.5.